The largest absolute Gasteiger partial charge is 0.325 e. The van der Waals surface area contributed by atoms with E-state index in [9.17, 15) is 13.2 Å². The van der Waals surface area contributed by atoms with Gasteiger partial charge in [0, 0.05) is 58.7 Å². The third-order valence-corrected chi connectivity index (χ3v) is 6.65. The molecule has 0 radical (unpaired) electrons. The summed E-state index contributed by atoms with van der Waals surface area (Å²) in [4.78, 5) is 21.4. The number of amides is 1. The first-order chi connectivity index (χ1) is 13.8. The molecule has 0 atom stereocenters. The zero-order chi connectivity index (χ0) is 20.9. The highest BCUT2D eigenvalue weighted by molar-refractivity contribution is 7.89. The summed E-state index contributed by atoms with van der Waals surface area (Å²) in [5, 5.41) is 2.80. The number of sulfonamides is 1. The zero-order valence-electron chi connectivity index (χ0n) is 16.8. The monoisotopic (exact) mass is 417 g/mol. The number of rotatable bonds is 7. The number of aromatic nitrogens is 1. The van der Waals surface area contributed by atoms with Crippen LogP contribution in [0.25, 0.3) is 0 Å². The summed E-state index contributed by atoms with van der Waals surface area (Å²) in [5.74, 6) is -0.150. The summed E-state index contributed by atoms with van der Waals surface area (Å²) < 4.78 is 25.6. The van der Waals surface area contributed by atoms with Gasteiger partial charge in [0.1, 0.15) is 0 Å². The van der Waals surface area contributed by atoms with E-state index in [4.69, 9.17) is 0 Å². The molecule has 1 fully saturated rings. The molecule has 1 aliphatic heterocycles. The minimum Gasteiger partial charge on any atom is -0.325 e. The van der Waals surface area contributed by atoms with Gasteiger partial charge in [-0.25, -0.2) is 12.7 Å². The maximum absolute atomic E-state index is 12.4. The molecule has 1 aromatic carbocycles. The van der Waals surface area contributed by atoms with Crippen molar-refractivity contribution in [3.8, 4) is 0 Å². The predicted octanol–water partition coefficient (Wildman–Crippen LogP) is 1.09. The Kier molecular flexibility index (Phi) is 6.96. The second-order valence-corrected chi connectivity index (χ2v) is 9.39. The van der Waals surface area contributed by atoms with Crippen LogP contribution in [0.15, 0.2) is 53.6 Å². The number of hydrogen-bond acceptors (Lipinski definition) is 6. The van der Waals surface area contributed by atoms with Crippen molar-refractivity contribution in [2.45, 2.75) is 11.4 Å². The second kappa shape index (κ2) is 9.45. The number of nitrogens with zero attached hydrogens (tertiary/aromatic N) is 4. The Labute approximate surface area is 172 Å². The molecule has 1 aliphatic rings. The second-order valence-electron chi connectivity index (χ2n) is 7.24. The molecule has 0 aliphatic carbocycles. The highest BCUT2D eigenvalue weighted by atomic mass is 32.2. The van der Waals surface area contributed by atoms with E-state index in [1.807, 2.05) is 18.2 Å². The molecule has 2 heterocycles. The summed E-state index contributed by atoms with van der Waals surface area (Å²) >= 11 is 0. The molecular formula is C20H27N5O3S. The smallest absolute Gasteiger partial charge is 0.242 e. The summed E-state index contributed by atoms with van der Waals surface area (Å²) in [6.07, 6.45) is 1.80. The van der Waals surface area contributed by atoms with Gasteiger partial charge in [-0.2, -0.15) is 0 Å². The number of pyridine rings is 1. The van der Waals surface area contributed by atoms with E-state index >= 15 is 0 Å². The van der Waals surface area contributed by atoms with E-state index in [1.54, 1.807) is 18.3 Å². The van der Waals surface area contributed by atoms with Crippen molar-refractivity contribution in [2.24, 2.45) is 0 Å². The lowest BCUT2D eigenvalue weighted by molar-refractivity contribution is -0.117. The first kappa shape index (κ1) is 21.4. The van der Waals surface area contributed by atoms with E-state index in [0.717, 1.165) is 42.7 Å². The molecule has 1 saturated heterocycles. The van der Waals surface area contributed by atoms with Gasteiger partial charge in [-0.05, 0) is 30.3 Å². The van der Waals surface area contributed by atoms with E-state index in [2.05, 4.69) is 20.1 Å². The number of hydrogen-bond donors (Lipinski definition) is 1. The van der Waals surface area contributed by atoms with Crippen LogP contribution in [-0.4, -0.2) is 80.2 Å². The molecule has 2 aromatic rings. The quantitative estimate of drug-likeness (QED) is 0.726. The Hall–Kier alpha value is -2.33. The van der Waals surface area contributed by atoms with Gasteiger partial charge in [-0.15, -0.1) is 0 Å². The van der Waals surface area contributed by atoms with Crippen molar-refractivity contribution in [2.75, 3.05) is 52.1 Å². The Morgan fingerprint density at radius 1 is 1.07 bits per heavy atom. The van der Waals surface area contributed by atoms with Gasteiger partial charge < -0.3 is 5.32 Å². The minimum atomic E-state index is -3.53. The first-order valence-electron chi connectivity index (χ1n) is 9.51. The maximum atomic E-state index is 12.4. The lowest BCUT2D eigenvalue weighted by atomic mass is 10.2. The average molecular weight is 418 g/mol. The molecule has 3 rings (SSSR count). The molecule has 1 amide bonds. The Bertz CT molecular complexity index is 926. The summed E-state index contributed by atoms with van der Waals surface area (Å²) in [5.41, 5.74) is 1.53. The lowest BCUT2D eigenvalue weighted by Gasteiger charge is -2.34. The molecule has 9 heteroatoms. The zero-order valence-corrected chi connectivity index (χ0v) is 17.6. The predicted molar refractivity (Wildman–Crippen MR) is 112 cm³/mol. The van der Waals surface area contributed by atoms with Crippen LogP contribution < -0.4 is 5.32 Å². The SMILES string of the molecule is CN(C)S(=O)(=O)c1cccc(NC(=O)CN2CCN(Cc3ccccn3)CC2)c1. The van der Waals surface area contributed by atoms with Gasteiger partial charge in [-0.1, -0.05) is 12.1 Å². The van der Waals surface area contributed by atoms with Crippen molar-refractivity contribution in [3.05, 3.63) is 54.4 Å². The minimum absolute atomic E-state index is 0.150. The Morgan fingerprint density at radius 2 is 1.79 bits per heavy atom. The van der Waals surface area contributed by atoms with E-state index in [0.29, 0.717) is 5.69 Å². The fourth-order valence-electron chi connectivity index (χ4n) is 3.18. The summed E-state index contributed by atoms with van der Waals surface area (Å²) in [6, 6.07) is 12.2. The number of carbonyl (C=O) groups is 1. The molecule has 1 N–H and O–H groups in total. The van der Waals surface area contributed by atoms with Crippen molar-refractivity contribution in [1.82, 2.24) is 19.1 Å². The third-order valence-electron chi connectivity index (χ3n) is 4.84. The lowest BCUT2D eigenvalue weighted by Crippen LogP contribution is -2.48. The van der Waals surface area contributed by atoms with E-state index in [-0.39, 0.29) is 17.3 Å². The molecule has 8 nitrogen and oxygen atoms in total. The molecule has 29 heavy (non-hydrogen) atoms. The van der Waals surface area contributed by atoms with Gasteiger partial charge in [0.25, 0.3) is 0 Å². The van der Waals surface area contributed by atoms with Crippen LogP contribution in [0.4, 0.5) is 5.69 Å². The maximum Gasteiger partial charge on any atom is 0.242 e. The molecular weight excluding hydrogens is 390 g/mol. The fourth-order valence-corrected chi connectivity index (χ4v) is 4.12. The summed E-state index contributed by atoms with van der Waals surface area (Å²) in [7, 11) is -0.573. The number of carbonyl (C=O) groups excluding carboxylic acids is 1. The van der Waals surface area contributed by atoms with Crippen LogP contribution in [0.1, 0.15) is 5.69 Å². The standard InChI is InChI=1S/C20H27N5O3S/c1-23(2)29(27,28)19-8-5-7-17(14-19)22-20(26)16-25-12-10-24(11-13-25)15-18-6-3-4-9-21-18/h3-9,14H,10-13,15-16H2,1-2H3,(H,22,26). The summed E-state index contributed by atoms with van der Waals surface area (Å²) in [6.45, 7) is 4.45. The molecule has 156 valence electrons. The van der Waals surface area contributed by atoms with Crippen molar-refractivity contribution < 1.29 is 13.2 Å². The topological polar surface area (TPSA) is 85.8 Å². The van der Waals surface area contributed by atoms with Crippen molar-refractivity contribution in [1.29, 1.82) is 0 Å². The molecule has 0 spiro atoms. The van der Waals surface area contributed by atoms with Crippen LogP contribution in [0.5, 0.6) is 0 Å². The third kappa shape index (κ3) is 5.83. The van der Waals surface area contributed by atoms with Crippen LogP contribution in [0.2, 0.25) is 0 Å². The van der Waals surface area contributed by atoms with Crippen LogP contribution >= 0.6 is 0 Å². The number of piperazine rings is 1. The van der Waals surface area contributed by atoms with Crippen molar-refractivity contribution in [3.63, 3.8) is 0 Å². The fraction of sp³-hybridized carbons (Fsp3) is 0.400. The van der Waals surface area contributed by atoms with Crippen LogP contribution in [0, 0.1) is 0 Å². The highest BCUT2D eigenvalue weighted by Gasteiger charge is 2.20. The van der Waals surface area contributed by atoms with Gasteiger partial charge >= 0.3 is 0 Å². The van der Waals surface area contributed by atoms with Crippen molar-refractivity contribution >= 4 is 21.6 Å². The molecule has 0 saturated carbocycles. The Morgan fingerprint density at radius 3 is 2.45 bits per heavy atom. The molecule has 1 aromatic heterocycles. The van der Waals surface area contributed by atoms with E-state index in [1.165, 1.54) is 26.2 Å². The number of benzene rings is 1. The normalized spacial score (nSPS) is 16.1. The number of anilines is 1. The Balaban J connectivity index is 1.49. The molecule has 0 bridgehead atoms. The van der Waals surface area contributed by atoms with Gasteiger partial charge in [0.2, 0.25) is 15.9 Å². The highest BCUT2D eigenvalue weighted by Crippen LogP contribution is 2.18. The van der Waals surface area contributed by atoms with Gasteiger partial charge in [-0.3, -0.25) is 19.6 Å². The van der Waals surface area contributed by atoms with Gasteiger partial charge in [0.05, 0.1) is 17.1 Å². The van der Waals surface area contributed by atoms with Gasteiger partial charge in [0.15, 0.2) is 0 Å². The average Bonchev–Trinajstić information content (AvgIpc) is 2.70. The molecule has 0 unspecified atom stereocenters. The van der Waals surface area contributed by atoms with Crippen LogP contribution in [0.3, 0.4) is 0 Å². The first-order valence-corrected chi connectivity index (χ1v) is 11.0. The number of nitrogens with one attached hydrogen (secondary N) is 1. The van der Waals surface area contributed by atoms with Crippen LogP contribution in [-0.2, 0) is 21.4 Å². The van der Waals surface area contributed by atoms with E-state index < -0.39 is 10.0 Å².